The molecule has 2 amide bonds. The molecular formula is C19H28N4O2. The lowest BCUT2D eigenvalue weighted by atomic mass is 10.1. The van der Waals surface area contributed by atoms with Gasteiger partial charge in [0.15, 0.2) is 0 Å². The minimum absolute atomic E-state index is 0.00164. The van der Waals surface area contributed by atoms with Crippen LogP contribution >= 0.6 is 0 Å². The van der Waals surface area contributed by atoms with Crippen LogP contribution in [0.2, 0.25) is 0 Å². The van der Waals surface area contributed by atoms with Gasteiger partial charge in [0.1, 0.15) is 5.82 Å². The van der Waals surface area contributed by atoms with Crippen LogP contribution in [0, 0.1) is 0 Å². The van der Waals surface area contributed by atoms with E-state index in [1.165, 1.54) is 0 Å². The zero-order valence-corrected chi connectivity index (χ0v) is 15.4. The monoisotopic (exact) mass is 344 g/mol. The molecule has 0 bridgehead atoms. The van der Waals surface area contributed by atoms with Gasteiger partial charge in [0.2, 0.25) is 5.91 Å². The van der Waals surface area contributed by atoms with Crippen LogP contribution in [0.25, 0.3) is 0 Å². The summed E-state index contributed by atoms with van der Waals surface area (Å²) in [5.74, 6) is 1.01. The molecule has 6 heteroatoms. The molecule has 1 N–H and O–H groups in total. The summed E-state index contributed by atoms with van der Waals surface area (Å²) in [6.45, 7) is 8.38. The van der Waals surface area contributed by atoms with Crippen molar-refractivity contribution in [1.29, 1.82) is 0 Å². The highest BCUT2D eigenvalue weighted by molar-refractivity contribution is 5.94. The number of piperidine rings is 1. The second-order valence-corrected chi connectivity index (χ2v) is 8.05. The third-order valence-electron chi connectivity index (χ3n) is 4.76. The topological polar surface area (TPSA) is 65.5 Å². The van der Waals surface area contributed by atoms with Crippen LogP contribution in [0.4, 0.5) is 5.82 Å². The third-order valence-corrected chi connectivity index (χ3v) is 4.76. The molecular weight excluding hydrogens is 316 g/mol. The van der Waals surface area contributed by atoms with Crippen LogP contribution in [0.5, 0.6) is 0 Å². The molecule has 0 aromatic carbocycles. The van der Waals surface area contributed by atoms with Crippen molar-refractivity contribution in [3.63, 3.8) is 0 Å². The van der Waals surface area contributed by atoms with Gasteiger partial charge in [-0.05, 0) is 52.2 Å². The fraction of sp³-hybridized carbons (Fsp3) is 0.632. The largest absolute Gasteiger partial charge is 0.365 e. The summed E-state index contributed by atoms with van der Waals surface area (Å²) in [4.78, 5) is 33.0. The van der Waals surface area contributed by atoms with Crippen LogP contribution in [-0.4, -0.2) is 57.8 Å². The van der Waals surface area contributed by atoms with E-state index in [2.05, 4.69) is 31.1 Å². The first kappa shape index (κ1) is 17.7. The van der Waals surface area contributed by atoms with E-state index in [1.807, 2.05) is 21.9 Å². The molecule has 6 nitrogen and oxygen atoms in total. The maximum Gasteiger partial charge on any atom is 0.255 e. The number of carbonyl (C=O) groups excluding carboxylic acids is 2. The van der Waals surface area contributed by atoms with Gasteiger partial charge in [-0.2, -0.15) is 0 Å². The normalized spacial score (nSPS) is 21.6. The predicted molar refractivity (Wildman–Crippen MR) is 97.5 cm³/mol. The van der Waals surface area contributed by atoms with Gasteiger partial charge in [-0.1, -0.05) is 0 Å². The smallest absolute Gasteiger partial charge is 0.255 e. The fourth-order valence-electron chi connectivity index (χ4n) is 3.55. The predicted octanol–water partition coefficient (Wildman–Crippen LogP) is 2.52. The van der Waals surface area contributed by atoms with Gasteiger partial charge in [-0.15, -0.1) is 0 Å². The number of rotatable bonds is 3. The highest BCUT2D eigenvalue weighted by Gasteiger charge is 2.34. The highest BCUT2D eigenvalue weighted by atomic mass is 16.2. The van der Waals surface area contributed by atoms with Crippen molar-refractivity contribution in [3.05, 3.63) is 23.9 Å². The van der Waals surface area contributed by atoms with Crippen molar-refractivity contribution in [2.24, 2.45) is 0 Å². The number of hydrogen-bond acceptors (Lipinski definition) is 4. The molecule has 0 radical (unpaired) electrons. The Morgan fingerprint density at radius 2 is 2.04 bits per heavy atom. The molecule has 1 aromatic heterocycles. The standard InChI is InChI=1S/C19H28N4O2/c1-19(2,3)21-16-8-7-14(12-20-16)18(25)22-11-9-15(13-22)23-10-5-4-6-17(23)24/h7-8,12,15H,4-6,9-11,13H2,1-3H3,(H,20,21)/t15-/m0/s1. The molecule has 2 aliphatic heterocycles. The minimum atomic E-state index is -0.0678. The van der Waals surface area contributed by atoms with E-state index >= 15 is 0 Å². The Hall–Kier alpha value is -2.11. The Bertz CT molecular complexity index is 636. The first-order valence-electron chi connectivity index (χ1n) is 9.16. The molecule has 25 heavy (non-hydrogen) atoms. The molecule has 2 fully saturated rings. The van der Waals surface area contributed by atoms with Crippen molar-refractivity contribution < 1.29 is 9.59 Å². The second kappa shape index (κ2) is 7.02. The van der Waals surface area contributed by atoms with Gasteiger partial charge < -0.3 is 15.1 Å². The molecule has 2 aliphatic rings. The Kier molecular flexibility index (Phi) is 4.97. The van der Waals surface area contributed by atoms with Crippen LogP contribution in [0.15, 0.2) is 18.3 Å². The Morgan fingerprint density at radius 1 is 1.24 bits per heavy atom. The summed E-state index contributed by atoms with van der Waals surface area (Å²) in [7, 11) is 0. The third kappa shape index (κ3) is 4.30. The maximum atomic E-state index is 12.7. The zero-order chi connectivity index (χ0) is 18.0. The lowest BCUT2D eigenvalue weighted by molar-refractivity contribution is -0.135. The molecule has 3 heterocycles. The van der Waals surface area contributed by atoms with Crippen molar-refractivity contribution in [1.82, 2.24) is 14.8 Å². The quantitative estimate of drug-likeness (QED) is 0.915. The number of carbonyl (C=O) groups is 2. The summed E-state index contributed by atoms with van der Waals surface area (Å²) < 4.78 is 0. The van der Waals surface area contributed by atoms with E-state index in [-0.39, 0.29) is 23.4 Å². The van der Waals surface area contributed by atoms with E-state index in [1.54, 1.807) is 6.20 Å². The number of amides is 2. The summed E-state index contributed by atoms with van der Waals surface area (Å²) in [5, 5.41) is 3.29. The van der Waals surface area contributed by atoms with Crippen LogP contribution in [0.1, 0.15) is 56.8 Å². The number of likely N-dealkylation sites (tertiary alicyclic amines) is 2. The summed E-state index contributed by atoms with van der Waals surface area (Å²) >= 11 is 0. The number of nitrogens with one attached hydrogen (secondary N) is 1. The van der Waals surface area contributed by atoms with Gasteiger partial charge in [-0.3, -0.25) is 9.59 Å². The fourth-order valence-corrected chi connectivity index (χ4v) is 3.55. The summed E-state index contributed by atoms with van der Waals surface area (Å²) in [6, 6.07) is 3.84. The summed E-state index contributed by atoms with van der Waals surface area (Å²) in [6.07, 6.45) is 5.22. The molecule has 1 atom stereocenters. The zero-order valence-electron chi connectivity index (χ0n) is 15.4. The van der Waals surface area contributed by atoms with Crippen molar-refractivity contribution in [3.8, 4) is 0 Å². The molecule has 0 saturated carbocycles. The molecule has 0 spiro atoms. The Morgan fingerprint density at radius 3 is 2.68 bits per heavy atom. The minimum Gasteiger partial charge on any atom is -0.365 e. The highest BCUT2D eigenvalue weighted by Crippen LogP contribution is 2.22. The Balaban J connectivity index is 1.61. The van der Waals surface area contributed by atoms with Gasteiger partial charge in [0.05, 0.1) is 11.6 Å². The lowest BCUT2D eigenvalue weighted by Crippen LogP contribution is -2.45. The van der Waals surface area contributed by atoms with Gasteiger partial charge in [0, 0.05) is 37.8 Å². The van der Waals surface area contributed by atoms with E-state index in [0.29, 0.717) is 25.1 Å². The first-order chi connectivity index (χ1) is 11.8. The number of anilines is 1. The number of aromatic nitrogens is 1. The van der Waals surface area contributed by atoms with E-state index in [9.17, 15) is 9.59 Å². The van der Waals surface area contributed by atoms with Crippen LogP contribution in [-0.2, 0) is 4.79 Å². The number of hydrogen-bond donors (Lipinski definition) is 1. The number of nitrogens with zero attached hydrogens (tertiary/aromatic N) is 3. The Labute approximate surface area is 149 Å². The van der Waals surface area contributed by atoms with Crippen LogP contribution in [0.3, 0.4) is 0 Å². The first-order valence-corrected chi connectivity index (χ1v) is 9.16. The van der Waals surface area contributed by atoms with Gasteiger partial charge >= 0.3 is 0 Å². The molecule has 0 aliphatic carbocycles. The summed E-state index contributed by atoms with van der Waals surface area (Å²) in [5.41, 5.74) is 0.534. The SMILES string of the molecule is CC(C)(C)Nc1ccc(C(=O)N2CC[C@H](N3CCCCC3=O)C2)cn1. The maximum absolute atomic E-state index is 12.7. The van der Waals surface area contributed by atoms with E-state index in [4.69, 9.17) is 0 Å². The molecule has 136 valence electrons. The molecule has 2 saturated heterocycles. The average Bonchev–Trinajstić information content (AvgIpc) is 3.03. The van der Waals surface area contributed by atoms with E-state index in [0.717, 1.165) is 31.6 Å². The van der Waals surface area contributed by atoms with Gasteiger partial charge in [0.25, 0.3) is 5.91 Å². The van der Waals surface area contributed by atoms with Crippen molar-refractivity contribution >= 4 is 17.6 Å². The molecule has 1 aromatic rings. The lowest BCUT2D eigenvalue weighted by Gasteiger charge is -2.32. The molecule has 0 unspecified atom stereocenters. The second-order valence-electron chi connectivity index (χ2n) is 8.05. The van der Waals surface area contributed by atoms with Crippen molar-refractivity contribution in [2.75, 3.05) is 25.0 Å². The van der Waals surface area contributed by atoms with Crippen LogP contribution < -0.4 is 5.32 Å². The van der Waals surface area contributed by atoms with Gasteiger partial charge in [-0.25, -0.2) is 4.98 Å². The molecule has 3 rings (SSSR count). The van der Waals surface area contributed by atoms with E-state index < -0.39 is 0 Å². The van der Waals surface area contributed by atoms with Crippen molar-refractivity contribution in [2.45, 2.75) is 58.0 Å². The number of pyridine rings is 1. The average molecular weight is 344 g/mol.